The molecule has 1 aromatic heterocycles. The van der Waals surface area contributed by atoms with Crippen LogP contribution in [0.1, 0.15) is 11.1 Å². The largest absolute Gasteiger partial charge is 0.396 e. The molecule has 0 fully saturated rings. The van der Waals surface area contributed by atoms with Crippen molar-refractivity contribution in [1.82, 2.24) is 9.78 Å². The lowest BCUT2D eigenvalue weighted by molar-refractivity contribution is 0.689. The zero-order valence-electron chi connectivity index (χ0n) is 11.8. The minimum absolute atomic E-state index is 0.711. The molecule has 0 aliphatic carbocycles. The zero-order chi connectivity index (χ0) is 14.8. The summed E-state index contributed by atoms with van der Waals surface area (Å²) < 4.78 is 3.10. The molecule has 0 saturated heterocycles. The molecule has 0 saturated carbocycles. The van der Waals surface area contributed by atoms with Gasteiger partial charge in [-0.05, 0) is 47.2 Å². The molecule has 0 atom stereocenters. The molecule has 3 nitrogen and oxygen atoms in total. The van der Waals surface area contributed by atoms with Crippen LogP contribution in [-0.2, 0) is 6.54 Å². The molecular weight excluding hydrogens is 373 g/mol. The summed E-state index contributed by atoms with van der Waals surface area (Å²) in [5.41, 5.74) is 11.2. The highest BCUT2D eigenvalue weighted by atomic mass is 127. The predicted molar refractivity (Wildman–Crippen MR) is 95.1 cm³/mol. The fraction of sp³-hybridized carbons (Fsp3) is 0.118. The van der Waals surface area contributed by atoms with E-state index in [-0.39, 0.29) is 0 Å². The standard InChI is InChI=1S/C17H16IN3/c1-12-2-4-13(5-3-12)10-21-11-16(19)17(20-21)14-6-8-15(18)9-7-14/h2-9,11H,10,19H2,1H3. The molecule has 0 aliphatic rings. The third-order valence-electron chi connectivity index (χ3n) is 3.37. The SMILES string of the molecule is Cc1ccc(Cn2cc(N)c(-c3ccc(I)cc3)n2)cc1. The Labute approximate surface area is 137 Å². The normalized spacial score (nSPS) is 10.8. The van der Waals surface area contributed by atoms with E-state index in [1.165, 1.54) is 14.7 Å². The molecule has 21 heavy (non-hydrogen) atoms. The highest BCUT2D eigenvalue weighted by Gasteiger charge is 2.08. The van der Waals surface area contributed by atoms with Gasteiger partial charge in [0.25, 0.3) is 0 Å². The van der Waals surface area contributed by atoms with Crippen molar-refractivity contribution >= 4 is 28.3 Å². The van der Waals surface area contributed by atoms with Crippen molar-refractivity contribution < 1.29 is 0 Å². The van der Waals surface area contributed by atoms with Crippen LogP contribution in [0.5, 0.6) is 0 Å². The number of aryl methyl sites for hydroxylation is 1. The van der Waals surface area contributed by atoms with E-state index in [1.54, 1.807) is 0 Å². The van der Waals surface area contributed by atoms with Crippen LogP contribution in [0.4, 0.5) is 5.69 Å². The van der Waals surface area contributed by atoms with Crippen molar-refractivity contribution in [3.8, 4) is 11.3 Å². The van der Waals surface area contributed by atoms with Crippen LogP contribution in [0.25, 0.3) is 11.3 Å². The summed E-state index contributed by atoms with van der Waals surface area (Å²) in [7, 11) is 0. The van der Waals surface area contributed by atoms with E-state index in [2.05, 4.69) is 83.1 Å². The monoisotopic (exact) mass is 389 g/mol. The first-order valence-corrected chi connectivity index (χ1v) is 7.84. The zero-order valence-corrected chi connectivity index (χ0v) is 13.9. The number of halogens is 1. The van der Waals surface area contributed by atoms with E-state index in [9.17, 15) is 0 Å². The number of anilines is 1. The van der Waals surface area contributed by atoms with E-state index in [1.807, 2.05) is 10.9 Å². The molecule has 1 heterocycles. The molecule has 0 radical (unpaired) electrons. The van der Waals surface area contributed by atoms with Crippen molar-refractivity contribution in [3.05, 3.63) is 69.4 Å². The van der Waals surface area contributed by atoms with Gasteiger partial charge in [0, 0.05) is 15.3 Å². The van der Waals surface area contributed by atoms with Crippen molar-refractivity contribution in [2.75, 3.05) is 5.73 Å². The van der Waals surface area contributed by atoms with Gasteiger partial charge >= 0.3 is 0 Å². The van der Waals surface area contributed by atoms with Gasteiger partial charge in [0.05, 0.1) is 12.2 Å². The van der Waals surface area contributed by atoms with Gasteiger partial charge in [-0.15, -0.1) is 0 Å². The maximum Gasteiger partial charge on any atom is 0.115 e. The average Bonchev–Trinajstić information content (AvgIpc) is 2.83. The van der Waals surface area contributed by atoms with Gasteiger partial charge < -0.3 is 5.73 Å². The van der Waals surface area contributed by atoms with Crippen LogP contribution in [0, 0.1) is 10.5 Å². The van der Waals surface area contributed by atoms with Crippen molar-refractivity contribution in [1.29, 1.82) is 0 Å². The predicted octanol–water partition coefficient (Wildman–Crippen LogP) is 4.09. The number of hydrogen-bond acceptors (Lipinski definition) is 2. The Morgan fingerprint density at radius 3 is 2.38 bits per heavy atom. The van der Waals surface area contributed by atoms with Crippen LogP contribution < -0.4 is 5.73 Å². The smallest absolute Gasteiger partial charge is 0.115 e. The minimum atomic E-state index is 0.711. The molecule has 3 aromatic rings. The third-order valence-corrected chi connectivity index (χ3v) is 4.09. The van der Waals surface area contributed by atoms with Gasteiger partial charge in [-0.3, -0.25) is 4.68 Å². The summed E-state index contributed by atoms with van der Waals surface area (Å²) in [6, 6.07) is 16.7. The number of aromatic nitrogens is 2. The van der Waals surface area contributed by atoms with Gasteiger partial charge in [-0.25, -0.2) is 0 Å². The van der Waals surface area contributed by atoms with Crippen molar-refractivity contribution in [3.63, 3.8) is 0 Å². The molecule has 0 unspecified atom stereocenters. The van der Waals surface area contributed by atoms with E-state index >= 15 is 0 Å². The number of nitrogens with zero attached hydrogens (tertiary/aromatic N) is 2. The average molecular weight is 389 g/mol. The molecule has 4 heteroatoms. The third kappa shape index (κ3) is 3.26. The van der Waals surface area contributed by atoms with E-state index < -0.39 is 0 Å². The second kappa shape index (κ2) is 5.89. The van der Waals surface area contributed by atoms with Crippen molar-refractivity contribution in [2.45, 2.75) is 13.5 Å². The second-order valence-corrected chi connectivity index (χ2v) is 6.37. The molecule has 0 aliphatic heterocycles. The lowest BCUT2D eigenvalue weighted by Gasteiger charge is -2.02. The fourth-order valence-electron chi connectivity index (χ4n) is 2.23. The Morgan fingerprint density at radius 1 is 1.05 bits per heavy atom. The first-order chi connectivity index (χ1) is 10.1. The minimum Gasteiger partial charge on any atom is -0.396 e. The molecule has 3 rings (SSSR count). The highest BCUT2D eigenvalue weighted by molar-refractivity contribution is 14.1. The topological polar surface area (TPSA) is 43.8 Å². The van der Waals surface area contributed by atoms with E-state index in [0.717, 1.165) is 17.8 Å². The first kappa shape index (κ1) is 14.1. The molecule has 0 bridgehead atoms. The van der Waals surface area contributed by atoms with Gasteiger partial charge in [-0.2, -0.15) is 5.10 Å². The Morgan fingerprint density at radius 2 is 1.71 bits per heavy atom. The summed E-state index contributed by atoms with van der Waals surface area (Å²) in [5.74, 6) is 0. The van der Waals surface area contributed by atoms with Crippen LogP contribution in [0.2, 0.25) is 0 Å². The van der Waals surface area contributed by atoms with Gasteiger partial charge in [0.15, 0.2) is 0 Å². The van der Waals surface area contributed by atoms with Crippen molar-refractivity contribution in [2.24, 2.45) is 0 Å². The summed E-state index contributed by atoms with van der Waals surface area (Å²) in [6.45, 7) is 2.82. The molecular formula is C17H16IN3. The molecule has 2 aromatic carbocycles. The molecule has 106 valence electrons. The summed E-state index contributed by atoms with van der Waals surface area (Å²) >= 11 is 2.29. The quantitative estimate of drug-likeness (QED) is 0.686. The Balaban J connectivity index is 1.87. The lowest BCUT2D eigenvalue weighted by Crippen LogP contribution is -2.00. The fourth-order valence-corrected chi connectivity index (χ4v) is 2.59. The Hall–Kier alpha value is -1.82. The Kier molecular flexibility index (Phi) is 3.96. The molecule has 2 N–H and O–H groups in total. The number of nitrogen functional groups attached to an aromatic ring is 1. The van der Waals surface area contributed by atoms with Crippen LogP contribution in [-0.4, -0.2) is 9.78 Å². The number of nitrogens with two attached hydrogens (primary N) is 1. The van der Waals surface area contributed by atoms with Crippen LogP contribution >= 0.6 is 22.6 Å². The van der Waals surface area contributed by atoms with Crippen LogP contribution in [0.15, 0.2) is 54.7 Å². The van der Waals surface area contributed by atoms with Gasteiger partial charge in [0.2, 0.25) is 0 Å². The lowest BCUT2D eigenvalue weighted by atomic mass is 10.1. The summed E-state index contributed by atoms with van der Waals surface area (Å²) in [4.78, 5) is 0. The van der Waals surface area contributed by atoms with Crippen LogP contribution in [0.3, 0.4) is 0 Å². The second-order valence-electron chi connectivity index (χ2n) is 5.12. The molecule has 0 amide bonds. The van der Waals surface area contributed by atoms with Gasteiger partial charge in [-0.1, -0.05) is 42.0 Å². The van der Waals surface area contributed by atoms with E-state index in [0.29, 0.717) is 5.69 Å². The maximum atomic E-state index is 6.10. The van der Waals surface area contributed by atoms with E-state index in [4.69, 9.17) is 5.73 Å². The number of rotatable bonds is 3. The summed E-state index contributed by atoms with van der Waals surface area (Å²) in [5, 5.41) is 4.62. The highest BCUT2D eigenvalue weighted by Crippen LogP contribution is 2.25. The first-order valence-electron chi connectivity index (χ1n) is 6.76. The number of benzene rings is 2. The molecule has 0 spiro atoms. The maximum absolute atomic E-state index is 6.10. The summed E-state index contributed by atoms with van der Waals surface area (Å²) in [6.07, 6.45) is 1.90. The Bertz CT molecular complexity index is 743. The number of hydrogen-bond donors (Lipinski definition) is 1. The van der Waals surface area contributed by atoms with Gasteiger partial charge in [0.1, 0.15) is 5.69 Å².